The van der Waals surface area contributed by atoms with E-state index in [1.54, 1.807) is 0 Å². The van der Waals surface area contributed by atoms with Crippen molar-refractivity contribution in [2.45, 2.75) is 6.29 Å². The second kappa shape index (κ2) is 9.93. The van der Waals surface area contributed by atoms with E-state index in [0.717, 1.165) is 28.0 Å². The SMILES string of the molecule is CN1c2ccccc2C(c2ccccc2)=NC1n1c2cc(-n3c4ccccc4c4ccccc43)ccc2c2cc3ccccc3cc21. The summed E-state index contributed by atoms with van der Waals surface area (Å²) in [5.41, 5.74) is 10.3. The van der Waals surface area contributed by atoms with Gasteiger partial charge in [0.05, 0.1) is 27.8 Å². The van der Waals surface area contributed by atoms with E-state index in [1.807, 2.05) is 0 Å². The largest absolute Gasteiger partial charge is 0.335 e. The molecule has 1 unspecified atom stereocenters. The van der Waals surface area contributed by atoms with Gasteiger partial charge in [0.15, 0.2) is 0 Å². The minimum atomic E-state index is -0.297. The van der Waals surface area contributed by atoms with Crippen LogP contribution < -0.4 is 4.90 Å². The summed E-state index contributed by atoms with van der Waals surface area (Å²) in [5, 5.41) is 7.43. The third-order valence-electron chi connectivity index (χ3n) is 9.90. The van der Waals surface area contributed by atoms with Crippen LogP contribution in [-0.2, 0) is 0 Å². The molecule has 3 heterocycles. The zero-order valence-electron chi connectivity index (χ0n) is 25.9. The van der Waals surface area contributed by atoms with Gasteiger partial charge in [-0.2, -0.15) is 0 Å². The van der Waals surface area contributed by atoms with E-state index < -0.39 is 0 Å². The molecular formula is C43H30N4. The van der Waals surface area contributed by atoms with Crippen LogP contribution in [0, 0.1) is 0 Å². The Morgan fingerprint density at radius 1 is 0.489 bits per heavy atom. The van der Waals surface area contributed by atoms with Crippen molar-refractivity contribution in [3.63, 3.8) is 0 Å². The van der Waals surface area contributed by atoms with Crippen LogP contribution in [0.25, 0.3) is 60.1 Å². The van der Waals surface area contributed by atoms with Crippen LogP contribution in [0.3, 0.4) is 0 Å². The van der Waals surface area contributed by atoms with E-state index in [-0.39, 0.29) is 6.29 Å². The van der Waals surface area contributed by atoms with Crippen molar-refractivity contribution in [1.82, 2.24) is 9.13 Å². The maximum absolute atomic E-state index is 5.59. The third-order valence-corrected chi connectivity index (χ3v) is 9.90. The lowest BCUT2D eigenvalue weighted by molar-refractivity contribution is 0.540. The first kappa shape index (κ1) is 26.1. The zero-order chi connectivity index (χ0) is 31.1. The fourth-order valence-electron chi connectivity index (χ4n) is 7.74. The van der Waals surface area contributed by atoms with Gasteiger partial charge < -0.3 is 14.0 Å². The van der Waals surface area contributed by atoms with Crippen molar-refractivity contribution in [3.8, 4) is 5.69 Å². The number of anilines is 1. The summed E-state index contributed by atoms with van der Waals surface area (Å²) in [6.45, 7) is 0. The van der Waals surface area contributed by atoms with Crippen molar-refractivity contribution in [2.24, 2.45) is 4.99 Å². The Labute approximate surface area is 272 Å². The Bertz CT molecular complexity index is 2660. The van der Waals surface area contributed by atoms with Crippen molar-refractivity contribution < 1.29 is 0 Å². The van der Waals surface area contributed by atoms with Crippen molar-refractivity contribution in [3.05, 3.63) is 169 Å². The number of hydrogen-bond donors (Lipinski definition) is 0. The van der Waals surface area contributed by atoms with Gasteiger partial charge in [-0.25, -0.2) is 4.99 Å². The highest BCUT2D eigenvalue weighted by Crippen LogP contribution is 2.42. The van der Waals surface area contributed by atoms with Crippen LogP contribution in [-0.4, -0.2) is 21.9 Å². The highest BCUT2D eigenvalue weighted by atomic mass is 15.4. The second-order valence-electron chi connectivity index (χ2n) is 12.5. The molecule has 4 heteroatoms. The van der Waals surface area contributed by atoms with Crippen LogP contribution in [0.1, 0.15) is 17.4 Å². The normalized spacial score (nSPS) is 14.8. The Balaban J connectivity index is 1.31. The summed E-state index contributed by atoms with van der Waals surface area (Å²) in [5.74, 6) is 0. The molecule has 4 nitrogen and oxygen atoms in total. The topological polar surface area (TPSA) is 25.5 Å². The summed E-state index contributed by atoms with van der Waals surface area (Å²) in [6, 6.07) is 56.9. The number of aromatic nitrogens is 2. The smallest absolute Gasteiger partial charge is 0.203 e. The summed E-state index contributed by atoms with van der Waals surface area (Å²) in [6.07, 6.45) is -0.297. The van der Waals surface area contributed by atoms with E-state index in [4.69, 9.17) is 4.99 Å². The Kier molecular flexibility index (Phi) is 5.52. The van der Waals surface area contributed by atoms with E-state index >= 15 is 0 Å². The molecule has 0 bridgehead atoms. The molecule has 9 aromatic rings. The molecule has 47 heavy (non-hydrogen) atoms. The molecule has 0 aliphatic carbocycles. The molecule has 2 aromatic heterocycles. The molecule has 0 fully saturated rings. The number of aliphatic imine (C=N–C) groups is 1. The van der Waals surface area contributed by atoms with E-state index in [1.165, 1.54) is 54.6 Å². The van der Waals surface area contributed by atoms with Crippen LogP contribution >= 0.6 is 0 Å². The number of para-hydroxylation sites is 3. The van der Waals surface area contributed by atoms with Crippen molar-refractivity contribution in [2.75, 3.05) is 11.9 Å². The highest BCUT2D eigenvalue weighted by molar-refractivity contribution is 6.18. The second-order valence-corrected chi connectivity index (χ2v) is 12.5. The molecule has 1 aliphatic heterocycles. The lowest BCUT2D eigenvalue weighted by Crippen LogP contribution is -2.33. The molecule has 0 radical (unpaired) electrons. The quantitative estimate of drug-likeness (QED) is 0.198. The van der Waals surface area contributed by atoms with Gasteiger partial charge in [0, 0.05) is 51.1 Å². The fourth-order valence-corrected chi connectivity index (χ4v) is 7.74. The number of fused-ring (bicyclic) bond motifs is 8. The monoisotopic (exact) mass is 602 g/mol. The lowest BCUT2D eigenvalue weighted by Gasteiger charge is -2.35. The fraction of sp³-hybridized carbons (Fsp3) is 0.0465. The van der Waals surface area contributed by atoms with Crippen molar-refractivity contribution in [1.29, 1.82) is 0 Å². The Hall–Kier alpha value is -6.13. The zero-order valence-corrected chi connectivity index (χ0v) is 25.9. The molecular weight excluding hydrogens is 573 g/mol. The van der Waals surface area contributed by atoms with Crippen LogP contribution in [0.5, 0.6) is 0 Å². The predicted molar refractivity (Wildman–Crippen MR) is 197 cm³/mol. The van der Waals surface area contributed by atoms with Gasteiger partial charge in [-0.05, 0) is 53.2 Å². The Morgan fingerprint density at radius 2 is 1.09 bits per heavy atom. The molecule has 222 valence electrons. The van der Waals surface area contributed by atoms with Crippen LogP contribution in [0.2, 0.25) is 0 Å². The summed E-state index contributed by atoms with van der Waals surface area (Å²) < 4.78 is 4.86. The molecule has 1 atom stereocenters. The van der Waals surface area contributed by atoms with Gasteiger partial charge in [-0.3, -0.25) is 0 Å². The number of hydrogen-bond acceptors (Lipinski definition) is 2. The molecule has 0 spiro atoms. The average Bonchev–Trinajstić information content (AvgIpc) is 3.63. The first-order valence-corrected chi connectivity index (χ1v) is 16.1. The van der Waals surface area contributed by atoms with E-state index in [2.05, 4.69) is 179 Å². The summed E-state index contributed by atoms with van der Waals surface area (Å²) in [4.78, 5) is 7.91. The maximum atomic E-state index is 5.59. The molecule has 0 N–H and O–H groups in total. The molecule has 0 amide bonds. The van der Waals surface area contributed by atoms with Crippen molar-refractivity contribution >= 4 is 65.8 Å². The summed E-state index contributed by atoms with van der Waals surface area (Å²) >= 11 is 0. The average molecular weight is 603 g/mol. The Morgan fingerprint density at radius 3 is 1.85 bits per heavy atom. The van der Waals surface area contributed by atoms with Crippen LogP contribution in [0.15, 0.2) is 163 Å². The molecule has 0 saturated carbocycles. The molecule has 0 saturated heterocycles. The first-order valence-electron chi connectivity index (χ1n) is 16.1. The number of rotatable bonds is 3. The highest BCUT2D eigenvalue weighted by Gasteiger charge is 2.30. The predicted octanol–water partition coefficient (Wildman–Crippen LogP) is 10.5. The minimum Gasteiger partial charge on any atom is -0.335 e. The van der Waals surface area contributed by atoms with E-state index in [0.29, 0.717) is 0 Å². The van der Waals surface area contributed by atoms with Gasteiger partial charge in [-0.15, -0.1) is 0 Å². The van der Waals surface area contributed by atoms with Gasteiger partial charge >= 0.3 is 0 Å². The van der Waals surface area contributed by atoms with Gasteiger partial charge in [0.1, 0.15) is 0 Å². The van der Waals surface area contributed by atoms with Crippen LogP contribution in [0.4, 0.5) is 5.69 Å². The first-order chi connectivity index (χ1) is 23.2. The maximum Gasteiger partial charge on any atom is 0.203 e. The molecule has 7 aromatic carbocycles. The molecule has 10 rings (SSSR count). The van der Waals surface area contributed by atoms with Gasteiger partial charge in [-0.1, -0.05) is 115 Å². The lowest BCUT2D eigenvalue weighted by atomic mass is 9.98. The minimum absolute atomic E-state index is 0.297. The van der Waals surface area contributed by atoms with Gasteiger partial charge in [0.2, 0.25) is 6.29 Å². The van der Waals surface area contributed by atoms with E-state index in [9.17, 15) is 0 Å². The van der Waals surface area contributed by atoms with Gasteiger partial charge in [0.25, 0.3) is 0 Å². The number of benzene rings is 7. The summed E-state index contributed by atoms with van der Waals surface area (Å²) in [7, 11) is 2.17. The third kappa shape index (κ3) is 3.79. The number of nitrogens with zero attached hydrogens (tertiary/aromatic N) is 4. The molecule has 1 aliphatic rings. The standard InChI is InChI=1S/C43H30N4/c1-45-37-20-10-9-19-35(37)42(28-13-3-2-4-14-28)44-43(45)47-40-26-30-16-6-5-15-29(30)25-36(40)34-24-23-31(27-41(34)47)46-38-21-11-7-17-32(38)33-18-8-12-22-39(33)46/h2-27,43H,1H3.